The number of nitrogens with one attached hydrogen (secondary N) is 1. The Morgan fingerprint density at radius 3 is 2.80 bits per heavy atom. The molecule has 0 fully saturated rings. The van der Waals surface area contributed by atoms with E-state index in [1.165, 1.54) is 6.07 Å². The fourth-order valence-electron chi connectivity index (χ4n) is 2.84. The predicted octanol–water partition coefficient (Wildman–Crippen LogP) is 2.56. The largest absolute Gasteiger partial charge is 0.352 e. The van der Waals surface area contributed by atoms with Gasteiger partial charge in [-0.25, -0.2) is 0 Å². The lowest BCUT2D eigenvalue weighted by atomic mass is 10.1. The molecule has 0 saturated carbocycles. The van der Waals surface area contributed by atoms with E-state index in [2.05, 4.69) is 11.4 Å². The highest BCUT2D eigenvalue weighted by atomic mass is 16.1. The first-order chi connectivity index (χ1) is 12.1. The topological polar surface area (TPSA) is 56.0 Å². The lowest BCUT2D eigenvalue weighted by molar-refractivity contribution is -0.116. The van der Waals surface area contributed by atoms with Crippen LogP contribution in [0.2, 0.25) is 0 Å². The minimum Gasteiger partial charge on any atom is -0.352 e. The Bertz CT molecular complexity index is 966. The van der Waals surface area contributed by atoms with Crippen LogP contribution in [0.4, 0.5) is 0 Å². The molecule has 5 heteroatoms. The minimum atomic E-state index is -0.131. The molecule has 0 spiro atoms. The van der Waals surface area contributed by atoms with Crippen molar-refractivity contribution in [2.45, 2.75) is 13.0 Å². The molecule has 1 aromatic carbocycles. The van der Waals surface area contributed by atoms with E-state index in [1.54, 1.807) is 22.9 Å². The Labute approximate surface area is 146 Å². The number of aryl methyl sites for hydroxylation is 2. The highest BCUT2D eigenvalue weighted by Crippen LogP contribution is 2.21. The van der Waals surface area contributed by atoms with Crippen molar-refractivity contribution >= 4 is 22.9 Å². The van der Waals surface area contributed by atoms with Crippen LogP contribution < -0.4 is 10.9 Å². The molecule has 0 aliphatic rings. The number of fused-ring (bicyclic) bond motifs is 1. The first-order valence-electron chi connectivity index (χ1n) is 8.30. The molecule has 1 amide bonds. The number of carbonyl (C=O) groups excluding carboxylic acids is 1. The average molecular weight is 335 g/mol. The van der Waals surface area contributed by atoms with Crippen molar-refractivity contribution in [3.63, 3.8) is 0 Å². The van der Waals surface area contributed by atoms with Gasteiger partial charge in [-0.1, -0.05) is 24.3 Å². The van der Waals surface area contributed by atoms with E-state index in [4.69, 9.17) is 0 Å². The van der Waals surface area contributed by atoms with Crippen molar-refractivity contribution in [1.29, 1.82) is 0 Å². The number of benzene rings is 1. The molecule has 1 N–H and O–H groups in total. The fourth-order valence-corrected chi connectivity index (χ4v) is 2.84. The molecule has 3 aromatic rings. The Kier molecular flexibility index (Phi) is 5.14. The summed E-state index contributed by atoms with van der Waals surface area (Å²) in [5.74, 6) is -0.131. The molecule has 128 valence electrons. The summed E-state index contributed by atoms with van der Waals surface area (Å²) in [6.45, 7) is 1.12. The zero-order chi connectivity index (χ0) is 17.6. The van der Waals surface area contributed by atoms with E-state index < -0.39 is 0 Å². The molecule has 25 heavy (non-hydrogen) atoms. The Balaban J connectivity index is 1.53. The van der Waals surface area contributed by atoms with Crippen LogP contribution in [-0.4, -0.2) is 21.6 Å². The van der Waals surface area contributed by atoms with E-state index in [9.17, 15) is 9.59 Å². The Morgan fingerprint density at radius 1 is 1.16 bits per heavy atom. The predicted molar refractivity (Wildman–Crippen MR) is 100 cm³/mol. The number of rotatable bonds is 6. The number of nitrogens with zero attached hydrogens (tertiary/aromatic N) is 2. The normalized spacial score (nSPS) is 11.2. The first-order valence-corrected chi connectivity index (χ1v) is 8.30. The molecule has 0 radical (unpaired) electrons. The quantitative estimate of drug-likeness (QED) is 0.556. The summed E-state index contributed by atoms with van der Waals surface area (Å²) in [4.78, 5) is 23.5. The third kappa shape index (κ3) is 4.07. The van der Waals surface area contributed by atoms with Crippen molar-refractivity contribution < 1.29 is 4.79 Å². The maximum absolute atomic E-state index is 12.0. The van der Waals surface area contributed by atoms with E-state index >= 15 is 0 Å². The summed E-state index contributed by atoms with van der Waals surface area (Å²) >= 11 is 0. The van der Waals surface area contributed by atoms with Crippen molar-refractivity contribution in [3.8, 4) is 0 Å². The van der Waals surface area contributed by atoms with E-state index in [1.807, 2.05) is 48.2 Å². The standard InChI is InChI=1S/C20H21N3O2/c1-22-15-16(17-7-2-3-8-18(17)22)10-11-19(24)21-12-6-14-23-13-5-4-9-20(23)25/h2-5,7-11,13,15H,6,12,14H2,1H3,(H,21,24). The van der Waals surface area contributed by atoms with Gasteiger partial charge in [0.25, 0.3) is 0 Å². The first kappa shape index (κ1) is 16.8. The monoisotopic (exact) mass is 335 g/mol. The van der Waals surface area contributed by atoms with Gasteiger partial charge in [-0.15, -0.1) is 0 Å². The van der Waals surface area contributed by atoms with Gasteiger partial charge in [-0.2, -0.15) is 0 Å². The Morgan fingerprint density at radius 2 is 1.96 bits per heavy atom. The molecular weight excluding hydrogens is 314 g/mol. The number of aromatic nitrogens is 2. The molecule has 0 bridgehead atoms. The van der Waals surface area contributed by atoms with Gasteiger partial charge in [0, 0.05) is 61.1 Å². The molecule has 0 aliphatic carbocycles. The maximum Gasteiger partial charge on any atom is 0.250 e. The van der Waals surface area contributed by atoms with Crippen LogP contribution in [0.15, 0.2) is 65.7 Å². The summed E-state index contributed by atoms with van der Waals surface area (Å²) < 4.78 is 3.68. The molecule has 3 rings (SSSR count). The number of amides is 1. The second kappa shape index (κ2) is 7.66. The third-order valence-corrected chi connectivity index (χ3v) is 4.12. The van der Waals surface area contributed by atoms with Crippen molar-refractivity contribution in [2.75, 3.05) is 6.54 Å². The fraction of sp³-hybridized carbons (Fsp3) is 0.200. The second-order valence-electron chi connectivity index (χ2n) is 5.92. The molecule has 2 heterocycles. The van der Waals surface area contributed by atoms with E-state index in [-0.39, 0.29) is 11.5 Å². The highest BCUT2D eigenvalue weighted by Gasteiger charge is 2.03. The highest BCUT2D eigenvalue weighted by molar-refractivity contribution is 5.96. The smallest absolute Gasteiger partial charge is 0.250 e. The van der Waals surface area contributed by atoms with Crippen LogP contribution in [0.1, 0.15) is 12.0 Å². The number of hydrogen-bond acceptors (Lipinski definition) is 2. The van der Waals surface area contributed by atoms with Gasteiger partial charge in [0.1, 0.15) is 0 Å². The van der Waals surface area contributed by atoms with Crippen LogP contribution in [-0.2, 0) is 18.4 Å². The molecule has 5 nitrogen and oxygen atoms in total. The van der Waals surface area contributed by atoms with Gasteiger partial charge in [-0.3, -0.25) is 9.59 Å². The number of para-hydroxylation sites is 1. The van der Waals surface area contributed by atoms with Crippen LogP contribution in [0, 0.1) is 0 Å². The second-order valence-corrected chi connectivity index (χ2v) is 5.92. The summed E-state index contributed by atoms with van der Waals surface area (Å²) in [7, 11) is 1.99. The zero-order valence-electron chi connectivity index (χ0n) is 14.2. The molecular formula is C20H21N3O2. The lowest BCUT2D eigenvalue weighted by Crippen LogP contribution is -2.25. The van der Waals surface area contributed by atoms with Gasteiger partial charge >= 0.3 is 0 Å². The maximum atomic E-state index is 12.0. The van der Waals surface area contributed by atoms with Crippen molar-refractivity contribution in [3.05, 3.63) is 76.9 Å². The molecule has 0 atom stereocenters. The minimum absolute atomic E-state index is 0.0234. The number of hydrogen-bond donors (Lipinski definition) is 1. The summed E-state index contributed by atoms with van der Waals surface area (Å²) in [6, 6.07) is 13.2. The van der Waals surface area contributed by atoms with Crippen molar-refractivity contribution in [2.24, 2.45) is 7.05 Å². The van der Waals surface area contributed by atoms with Crippen LogP contribution >= 0.6 is 0 Å². The van der Waals surface area contributed by atoms with Gasteiger partial charge in [0.2, 0.25) is 11.5 Å². The van der Waals surface area contributed by atoms with Crippen LogP contribution in [0.3, 0.4) is 0 Å². The number of pyridine rings is 1. The summed E-state index contributed by atoms with van der Waals surface area (Å²) in [5, 5.41) is 3.97. The van der Waals surface area contributed by atoms with E-state index in [0.717, 1.165) is 16.5 Å². The van der Waals surface area contributed by atoms with Crippen LogP contribution in [0.25, 0.3) is 17.0 Å². The van der Waals surface area contributed by atoms with Gasteiger partial charge in [0.15, 0.2) is 0 Å². The molecule has 0 saturated heterocycles. The lowest BCUT2D eigenvalue weighted by Gasteiger charge is -2.05. The average Bonchev–Trinajstić information content (AvgIpc) is 2.95. The third-order valence-electron chi connectivity index (χ3n) is 4.12. The SMILES string of the molecule is Cn1cc(C=CC(=O)NCCCn2ccccc2=O)c2ccccc21. The van der Waals surface area contributed by atoms with Crippen molar-refractivity contribution in [1.82, 2.24) is 14.5 Å². The summed E-state index contributed by atoms with van der Waals surface area (Å²) in [6.07, 6.45) is 7.86. The van der Waals surface area contributed by atoms with E-state index in [0.29, 0.717) is 19.5 Å². The van der Waals surface area contributed by atoms with Crippen LogP contribution in [0.5, 0.6) is 0 Å². The Hall–Kier alpha value is -3.08. The summed E-state index contributed by atoms with van der Waals surface area (Å²) in [5.41, 5.74) is 2.13. The number of carbonyl (C=O) groups is 1. The molecule has 0 aliphatic heterocycles. The van der Waals surface area contributed by atoms with Gasteiger partial charge in [-0.05, 0) is 24.6 Å². The molecule has 0 unspecified atom stereocenters. The molecule has 2 aromatic heterocycles. The zero-order valence-corrected chi connectivity index (χ0v) is 14.2. The van der Waals surface area contributed by atoms with Gasteiger partial charge < -0.3 is 14.5 Å². The van der Waals surface area contributed by atoms with Gasteiger partial charge in [0.05, 0.1) is 0 Å².